The zero-order chi connectivity index (χ0) is 16.8. The van der Waals surface area contributed by atoms with Gasteiger partial charge in [0, 0.05) is 12.7 Å². The highest BCUT2D eigenvalue weighted by Crippen LogP contribution is 2.12. The highest BCUT2D eigenvalue weighted by atomic mass is 16.5. The number of hydrogen-bond acceptors (Lipinski definition) is 5. The summed E-state index contributed by atoms with van der Waals surface area (Å²) in [5.74, 6) is 1.08. The Morgan fingerprint density at radius 3 is 2.79 bits per heavy atom. The maximum absolute atomic E-state index is 12.4. The van der Waals surface area contributed by atoms with Crippen molar-refractivity contribution in [3.63, 3.8) is 0 Å². The van der Waals surface area contributed by atoms with Gasteiger partial charge in [-0.1, -0.05) is 12.1 Å². The first-order chi connectivity index (χ1) is 11.8. The molecule has 24 heavy (non-hydrogen) atoms. The fourth-order valence-corrected chi connectivity index (χ4v) is 2.28. The standard InChI is InChI=1S/C17H17N5O2/c1-24-14-6-4-13(5-7-14)8-10-20-17(23)15-3-2-9-19-16(15)22-12-18-11-21-22/h2-7,9,11-12H,8,10H2,1H3,(H,20,23). The van der Waals surface area contributed by atoms with Crippen molar-refractivity contribution in [1.29, 1.82) is 0 Å². The van der Waals surface area contributed by atoms with Crippen LogP contribution < -0.4 is 10.1 Å². The van der Waals surface area contributed by atoms with Crippen LogP contribution in [0, 0.1) is 0 Å². The first-order valence-corrected chi connectivity index (χ1v) is 7.49. The van der Waals surface area contributed by atoms with E-state index in [0.717, 1.165) is 17.7 Å². The second-order valence-electron chi connectivity index (χ2n) is 5.07. The number of carbonyl (C=O) groups excluding carboxylic acids is 1. The summed E-state index contributed by atoms with van der Waals surface area (Å²) < 4.78 is 6.60. The number of hydrogen-bond donors (Lipinski definition) is 1. The van der Waals surface area contributed by atoms with Crippen LogP contribution in [-0.4, -0.2) is 39.3 Å². The first-order valence-electron chi connectivity index (χ1n) is 7.49. The third kappa shape index (κ3) is 3.57. The molecule has 0 radical (unpaired) electrons. The van der Waals surface area contributed by atoms with Gasteiger partial charge in [-0.25, -0.2) is 14.6 Å². The Balaban J connectivity index is 1.63. The zero-order valence-electron chi connectivity index (χ0n) is 13.2. The van der Waals surface area contributed by atoms with E-state index in [1.807, 2.05) is 24.3 Å². The Kier molecular flexibility index (Phi) is 4.81. The van der Waals surface area contributed by atoms with Gasteiger partial charge in [0.05, 0.1) is 12.7 Å². The second-order valence-corrected chi connectivity index (χ2v) is 5.07. The van der Waals surface area contributed by atoms with E-state index in [-0.39, 0.29) is 5.91 Å². The number of aromatic nitrogens is 4. The summed E-state index contributed by atoms with van der Waals surface area (Å²) in [4.78, 5) is 20.5. The summed E-state index contributed by atoms with van der Waals surface area (Å²) in [5.41, 5.74) is 1.58. The molecular formula is C17H17N5O2. The van der Waals surface area contributed by atoms with Crippen molar-refractivity contribution in [3.05, 3.63) is 66.4 Å². The van der Waals surface area contributed by atoms with Crippen molar-refractivity contribution in [2.45, 2.75) is 6.42 Å². The van der Waals surface area contributed by atoms with Gasteiger partial charge in [0.15, 0.2) is 5.82 Å². The smallest absolute Gasteiger partial charge is 0.255 e. The molecule has 0 aliphatic rings. The SMILES string of the molecule is COc1ccc(CCNC(=O)c2cccnc2-n2cncn2)cc1. The van der Waals surface area contributed by atoms with E-state index in [9.17, 15) is 4.79 Å². The van der Waals surface area contributed by atoms with Gasteiger partial charge in [-0.15, -0.1) is 0 Å². The minimum Gasteiger partial charge on any atom is -0.497 e. The normalized spacial score (nSPS) is 10.4. The predicted octanol–water partition coefficient (Wildman–Crippen LogP) is 1.64. The lowest BCUT2D eigenvalue weighted by molar-refractivity contribution is 0.0953. The van der Waals surface area contributed by atoms with E-state index in [2.05, 4.69) is 20.4 Å². The Labute approximate surface area is 139 Å². The van der Waals surface area contributed by atoms with Gasteiger partial charge >= 0.3 is 0 Å². The minimum atomic E-state index is -0.192. The van der Waals surface area contributed by atoms with Gasteiger partial charge in [0.2, 0.25) is 0 Å². The molecular weight excluding hydrogens is 306 g/mol. The van der Waals surface area contributed by atoms with E-state index in [1.165, 1.54) is 17.3 Å². The van der Waals surface area contributed by atoms with Crippen LogP contribution >= 0.6 is 0 Å². The summed E-state index contributed by atoms with van der Waals surface area (Å²) in [7, 11) is 1.63. The molecule has 0 bridgehead atoms. The van der Waals surface area contributed by atoms with Crippen molar-refractivity contribution in [1.82, 2.24) is 25.1 Å². The Bertz CT molecular complexity index is 800. The van der Waals surface area contributed by atoms with E-state index in [0.29, 0.717) is 17.9 Å². The lowest BCUT2D eigenvalue weighted by atomic mass is 10.1. The molecule has 7 nitrogen and oxygen atoms in total. The van der Waals surface area contributed by atoms with Crippen LogP contribution in [0.1, 0.15) is 15.9 Å². The number of carbonyl (C=O) groups is 1. The Morgan fingerprint density at radius 1 is 1.25 bits per heavy atom. The molecule has 1 amide bonds. The molecule has 0 aliphatic heterocycles. The van der Waals surface area contributed by atoms with E-state index in [4.69, 9.17) is 4.74 Å². The van der Waals surface area contributed by atoms with Crippen LogP contribution in [0.15, 0.2) is 55.2 Å². The maximum atomic E-state index is 12.4. The number of benzene rings is 1. The Hall–Kier alpha value is -3.22. The Morgan fingerprint density at radius 2 is 2.08 bits per heavy atom. The van der Waals surface area contributed by atoms with Crippen molar-refractivity contribution >= 4 is 5.91 Å². The van der Waals surface area contributed by atoms with Crippen LogP contribution in [-0.2, 0) is 6.42 Å². The topological polar surface area (TPSA) is 81.9 Å². The van der Waals surface area contributed by atoms with Crippen LogP contribution in [0.3, 0.4) is 0 Å². The van der Waals surface area contributed by atoms with Crippen molar-refractivity contribution in [3.8, 4) is 11.6 Å². The summed E-state index contributed by atoms with van der Waals surface area (Å²) in [6, 6.07) is 11.2. The number of rotatable bonds is 6. The van der Waals surface area contributed by atoms with E-state index in [1.54, 1.807) is 25.4 Å². The van der Waals surface area contributed by atoms with Gasteiger partial charge in [0.1, 0.15) is 18.4 Å². The summed E-state index contributed by atoms with van der Waals surface area (Å²) in [5, 5.41) is 6.93. The van der Waals surface area contributed by atoms with Crippen LogP contribution in [0.2, 0.25) is 0 Å². The molecule has 0 fully saturated rings. The average Bonchev–Trinajstić information content (AvgIpc) is 3.17. The molecule has 0 saturated heterocycles. The van der Waals surface area contributed by atoms with Gasteiger partial charge < -0.3 is 10.1 Å². The number of pyridine rings is 1. The number of nitrogens with one attached hydrogen (secondary N) is 1. The highest BCUT2D eigenvalue weighted by Gasteiger charge is 2.13. The molecule has 0 atom stereocenters. The van der Waals surface area contributed by atoms with Crippen molar-refractivity contribution in [2.75, 3.05) is 13.7 Å². The number of methoxy groups -OCH3 is 1. The zero-order valence-corrected chi connectivity index (χ0v) is 13.2. The second kappa shape index (κ2) is 7.36. The molecule has 7 heteroatoms. The van der Waals surface area contributed by atoms with Gasteiger partial charge in [-0.2, -0.15) is 5.10 Å². The third-order valence-corrected chi connectivity index (χ3v) is 3.53. The third-order valence-electron chi connectivity index (χ3n) is 3.53. The highest BCUT2D eigenvalue weighted by molar-refractivity contribution is 5.97. The molecule has 0 unspecified atom stereocenters. The quantitative estimate of drug-likeness (QED) is 0.746. The monoisotopic (exact) mass is 323 g/mol. The molecule has 2 aromatic heterocycles. The van der Waals surface area contributed by atoms with E-state index >= 15 is 0 Å². The van der Waals surface area contributed by atoms with Gasteiger partial charge in [-0.05, 0) is 36.2 Å². The van der Waals surface area contributed by atoms with Crippen LogP contribution in [0.25, 0.3) is 5.82 Å². The van der Waals surface area contributed by atoms with E-state index < -0.39 is 0 Å². The van der Waals surface area contributed by atoms with Crippen molar-refractivity contribution in [2.24, 2.45) is 0 Å². The molecule has 2 heterocycles. The largest absolute Gasteiger partial charge is 0.497 e. The van der Waals surface area contributed by atoms with Gasteiger partial charge in [-0.3, -0.25) is 4.79 Å². The molecule has 0 aliphatic carbocycles. The molecule has 3 aromatic rings. The maximum Gasteiger partial charge on any atom is 0.255 e. The summed E-state index contributed by atoms with van der Waals surface area (Å²) in [6.07, 6.45) is 5.26. The molecule has 3 rings (SSSR count). The molecule has 1 aromatic carbocycles. The van der Waals surface area contributed by atoms with Gasteiger partial charge in [0.25, 0.3) is 5.91 Å². The number of amides is 1. The average molecular weight is 323 g/mol. The lowest BCUT2D eigenvalue weighted by Gasteiger charge is -2.09. The van der Waals surface area contributed by atoms with Crippen LogP contribution in [0.4, 0.5) is 0 Å². The lowest BCUT2D eigenvalue weighted by Crippen LogP contribution is -2.27. The van der Waals surface area contributed by atoms with Crippen molar-refractivity contribution < 1.29 is 9.53 Å². The number of ether oxygens (including phenoxy) is 1. The van der Waals surface area contributed by atoms with Crippen LogP contribution in [0.5, 0.6) is 5.75 Å². The molecule has 122 valence electrons. The summed E-state index contributed by atoms with van der Waals surface area (Å²) in [6.45, 7) is 0.525. The summed E-state index contributed by atoms with van der Waals surface area (Å²) >= 11 is 0. The fraction of sp³-hybridized carbons (Fsp3) is 0.176. The molecule has 0 spiro atoms. The predicted molar refractivity (Wildman–Crippen MR) is 88.2 cm³/mol. The fourth-order valence-electron chi connectivity index (χ4n) is 2.28. The molecule has 0 saturated carbocycles. The minimum absolute atomic E-state index is 0.192. The molecule has 1 N–H and O–H groups in total. The number of nitrogens with zero attached hydrogens (tertiary/aromatic N) is 4. The first kappa shape index (κ1) is 15.7.